The number of hydrogen-bond acceptors (Lipinski definition) is 14. The molecule has 13 rings (SSSR count). The Bertz CT molecular complexity index is 3520. The number of pyridine rings is 8. The second-order valence-electron chi connectivity index (χ2n) is 16.5. The lowest BCUT2D eigenvalue weighted by Crippen LogP contribution is -1.94. The lowest BCUT2D eigenvalue weighted by atomic mass is 9.96. The van der Waals surface area contributed by atoms with Crippen LogP contribution in [0.15, 0.2) is 196 Å². The molecule has 11 aromatic rings. The molecule has 0 saturated heterocycles. The monoisotopic (exact) mass is 930 g/mol. The summed E-state index contributed by atoms with van der Waals surface area (Å²) in [6, 6.07) is 31.2. The number of nitrogens with zero attached hydrogens (tertiary/aromatic N) is 14. The third kappa shape index (κ3) is 7.44. The molecule has 8 bridgehead atoms. The predicted octanol–water partition coefficient (Wildman–Crippen LogP) is 9.74. The topological polar surface area (TPSA) is 212 Å². The lowest BCUT2D eigenvalue weighted by Gasteiger charge is -2.09. The molecule has 16 nitrogen and oxygen atoms in total. The average Bonchev–Trinajstić information content (AvgIpc) is 4.20. The number of aromatic nitrogens is 16. The number of aromatic amines is 2. The van der Waals surface area contributed by atoms with Gasteiger partial charge in [-0.15, -0.1) is 0 Å². The van der Waals surface area contributed by atoms with Crippen LogP contribution in [0.1, 0.15) is 45.6 Å². The second kappa shape index (κ2) is 17.9. The van der Waals surface area contributed by atoms with Crippen molar-refractivity contribution in [2.75, 3.05) is 0 Å². The van der Waals surface area contributed by atoms with E-state index in [9.17, 15) is 0 Å². The molecular formula is C56H34N16. The molecule has 0 unspecified atom stereocenters. The first-order valence-electron chi connectivity index (χ1n) is 22.8. The molecule has 0 spiro atoms. The minimum Gasteiger partial charge on any atom is -0.324 e. The summed E-state index contributed by atoms with van der Waals surface area (Å²) in [5, 5.41) is 0. The molecule has 0 saturated carbocycles. The van der Waals surface area contributed by atoms with Crippen molar-refractivity contribution < 1.29 is 0 Å². The van der Waals surface area contributed by atoms with Crippen molar-refractivity contribution in [3.05, 3.63) is 242 Å². The smallest absolute Gasteiger partial charge is 0.165 e. The van der Waals surface area contributed by atoms with Crippen LogP contribution < -0.4 is 0 Å². The van der Waals surface area contributed by atoms with E-state index in [0.717, 1.165) is 89.1 Å². The molecule has 0 fully saturated rings. The highest BCUT2D eigenvalue weighted by atomic mass is 15.1. The fourth-order valence-corrected chi connectivity index (χ4v) is 9.27. The number of rotatable bonds is 8. The Morgan fingerprint density at radius 1 is 0.194 bits per heavy atom. The molecule has 2 aliphatic rings. The molecule has 0 aromatic carbocycles. The van der Waals surface area contributed by atoms with Crippen LogP contribution in [-0.2, 0) is 0 Å². The molecule has 72 heavy (non-hydrogen) atoms. The quantitative estimate of drug-likeness (QED) is 0.145. The minimum absolute atomic E-state index is 0.394. The summed E-state index contributed by atoms with van der Waals surface area (Å²) in [5.41, 5.74) is 14.5. The van der Waals surface area contributed by atoms with E-state index in [-0.39, 0.29) is 0 Å². The van der Waals surface area contributed by atoms with Crippen LogP contribution in [0.3, 0.4) is 0 Å². The first-order valence-corrected chi connectivity index (χ1v) is 22.8. The van der Waals surface area contributed by atoms with Crippen molar-refractivity contribution >= 4 is 44.9 Å². The second-order valence-corrected chi connectivity index (χ2v) is 16.5. The van der Waals surface area contributed by atoms with E-state index in [0.29, 0.717) is 45.9 Å². The van der Waals surface area contributed by atoms with Gasteiger partial charge in [-0.2, -0.15) is 0 Å². The molecule has 11 aromatic heterocycles. The highest BCUT2D eigenvalue weighted by Crippen LogP contribution is 2.44. The van der Waals surface area contributed by atoms with Gasteiger partial charge in [-0.25, -0.2) is 29.9 Å². The SMILES string of the molecule is c1cc(C2=C(c3ccncc3)c3nc2nc2[nH]c(nc4nc(nc5[nH]c(n3)c(-c3ccncc3)c5-c3ccncc3)C(c3ccncc3)=C4c3ccncc3)c(-c3ccncc3)c2-c2ccncc2)ccn1. The van der Waals surface area contributed by atoms with Gasteiger partial charge in [0.1, 0.15) is 22.6 Å². The molecule has 0 amide bonds. The van der Waals surface area contributed by atoms with Crippen LogP contribution in [0.25, 0.3) is 89.4 Å². The molecule has 0 atom stereocenters. The maximum absolute atomic E-state index is 5.55. The normalized spacial score (nSPS) is 12.3. The molecule has 338 valence electrons. The average molecular weight is 931 g/mol. The molecule has 2 aliphatic heterocycles. The van der Waals surface area contributed by atoms with E-state index in [1.54, 1.807) is 99.1 Å². The molecule has 2 N–H and O–H groups in total. The van der Waals surface area contributed by atoms with Crippen LogP contribution in [0.2, 0.25) is 0 Å². The Labute approximate surface area is 409 Å². The summed E-state index contributed by atoms with van der Waals surface area (Å²) in [6.07, 6.45) is 28.1. The molecule has 13 heterocycles. The van der Waals surface area contributed by atoms with Gasteiger partial charge in [-0.3, -0.25) is 39.9 Å². The summed E-state index contributed by atoms with van der Waals surface area (Å²) in [6.45, 7) is 0. The van der Waals surface area contributed by atoms with Gasteiger partial charge >= 0.3 is 0 Å². The zero-order valence-electron chi connectivity index (χ0n) is 37.7. The molecule has 16 heteroatoms. The summed E-state index contributed by atoms with van der Waals surface area (Å²) >= 11 is 0. The Morgan fingerprint density at radius 3 is 0.542 bits per heavy atom. The van der Waals surface area contributed by atoms with Crippen molar-refractivity contribution in [1.29, 1.82) is 0 Å². The number of nitrogens with one attached hydrogen (secondary N) is 2. The van der Waals surface area contributed by atoms with Gasteiger partial charge in [0.25, 0.3) is 0 Å². The van der Waals surface area contributed by atoms with Crippen molar-refractivity contribution in [3.8, 4) is 44.5 Å². The van der Waals surface area contributed by atoms with Crippen molar-refractivity contribution in [1.82, 2.24) is 79.7 Å². The summed E-state index contributed by atoms with van der Waals surface area (Å²) in [4.78, 5) is 75.6. The fraction of sp³-hybridized carbons (Fsp3) is 0. The third-order valence-corrected chi connectivity index (χ3v) is 12.4. The van der Waals surface area contributed by atoms with Crippen LogP contribution in [0.5, 0.6) is 0 Å². The van der Waals surface area contributed by atoms with Gasteiger partial charge in [0.05, 0.1) is 0 Å². The van der Waals surface area contributed by atoms with Crippen LogP contribution >= 0.6 is 0 Å². The zero-order valence-corrected chi connectivity index (χ0v) is 37.7. The van der Waals surface area contributed by atoms with Crippen molar-refractivity contribution in [3.63, 3.8) is 0 Å². The predicted molar refractivity (Wildman–Crippen MR) is 272 cm³/mol. The van der Waals surface area contributed by atoms with Crippen LogP contribution in [0, 0.1) is 0 Å². The summed E-state index contributed by atoms with van der Waals surface area (Å²) < 4.78 is 0. The van der Waals surface area contributed by atoms with Gasteiger partial charge < -0.3 is 9.97 Å². The van der Waals surface area contributed by atoms with E-state index in [4.69, 9.17) is 29.9 Å². The van der Waals surface area contributed by atoms with Crippen molar-refractivity contribution in [2.45, 2.75) is 0 Å². The number of H-pyrrole nitrogens is 2. The molecule has 0 radical (unpaired) electrons. The standard InChI is InChI=1S/C56H34N16/c1-17-57-18-2-33(1)41-42(34-3-19-58-20-4-34)50-65-49(41)69-51-43(35-5-21-59-22-6-35)44(36-7-23-60-24-8-36)53(66-51)71-55-47(39-13-29-63-30-14-39)48(40-15-31-64-32-16-40)56(68-55)72-54-46(38-11-27-62-28-12-38)45(52(67-54)70-50)37-9-25-61-26-10-37/h1-32H,(H2,65,66,67,68,69,70,71,72). The van der Waals surface area contributed by atoms with Gasteiger partial charge in [0, 0.05) is 144 Å². The Hall–Kier alpha value is -10.5. The van der Waals surface area contributed by atoms with E-state index in [1.807, 2.05) is 97.1 Å². The minimum atomic E-state index is 0.394. The first-order chi connectivity index (χ1) is 35.7. The maximum atomic E-state index is 5.55. The summed E-state index contributed by atoms with van der Waals surface area (Å²) in [7, 11) is 0. The first kappa shape index (κ1) is 41.7. The zero-order chi connectivity index (χ0) is 47.8. The van der Waals surface area contributed by atoms with Crippen LogP contribution in [0.4, 0.5) is 0 Å². The van der Waals surface area contributed by atoms with Gasteiger partial charge in [-0.1, -0.05) is 0 Å². The lowest BCUT2D eigenvalue weighted by molar-refractivity contribution is 1.10. The Morgan fingerprint density at radius 2 is 0.361 bits per heavy atom. The van der Waals surface area contributed by atoms with Gasteiger partial charge in [0.2, 0.25) is 0 Å². The Balaban J connectivity index is 1.29. The summed E-state index contributed by atoms with van der Waals surface area (Å²) in [5.74, 6) is 1.58. The van der Waals surface area contributed by atoms with Crippen molar-refractivity contribution in [2.24, 2.45) is 0 Å². The largest absolute Gasteiger partial charge is 0.324 e. The van der Waals surface area contributed by atoms with Crippen LogP contribution in [-0.4, -0.2) is 79.7 Å². The number of fused-ring (bicyclic) bond motifs is 8. The number of hydrogen-bond donors (Lipinski definition) is 2. The fourth-order valence-electron chi connectivity index (χ4n) is 9.27. The van der Waals surface area contributed by atoms with E-state index >= 15 is 0 Å². The van der Waals surface area contributed by atoms with E-state index in [1.165, 1.54) is 0 Å². The maximum Gasteiger partial charge on any atom is 0.165 e. The molecular weight excluding hydrogens is 897 g/mol. The Kier molecular flexibility index (Phi) is 10.3. The highest BCUT2D eigenvalue weighted by molar-refractivity contribution is 6.08. The van der Waals surface area contributed by atoms with Gasteiger partial charge in [0.15, 0.2) is 23.3 Å². The highest BCUT2D eigenvalue weighted by Gasteiger charge is 2.30. The van der Waals surface area contributed by atoms with E-state index in [2.05, 4.69) is 49.8 Å². The van der Waals surface area contributed by atoms with E-state index < -0.39 is 0 Å². The van der Waals surface area contributed by atoms with Gasteiger partial charge in [-0.05, 0) is 142 Å². The molecule has 0 aliphatic carbocycles. The third-order valence-electron chi connectivity index (χ3n) is 12.4.